The van der Waals surface area contributed by atoms with Crippen LogP contribution in [0.5, 0.6) is 0 Å². The summed E-state index contributed by atoms with van der Waals surface area (Å²) in [6.45, 7) is 0. The summed E-state index contributed by atoms with van der Waals surface area (Å²) in [7, 11) is 0.386. The first-order valence-corrected chi connectivity index (χ1v) is 5.00. The summed E-state index contributed by atoms with van der Waals surface area (Å²) in [6.07, 6.45) is 2.98. The van der Waals surface area contributed by atoms with Crippen LogP contribution in [0.3, 0.4) is 0 Å². The molecule has 0 unspecified atom stereocenters. The molecule has 1 aliphatic heterocycles. The molecule has 2 heterocycles. The quantitative estimate of drug-likeness (QED) is 0.583. The van der Waals surface area contributed by atoms with E-state index in [4.69, 9.17) is 13.7 Å². The van der Waals surface area contributed by atoms with E-state index in [0.717, 1.165) is 0 Å². The lowest BCUT2D eigenvalue weighted by molar-refractivity contribution is 0.110. The van der Waals surface area contributed by atoms with Crippen molar-refractivity contribution in [3.8, 4) is 0 Å². The molecular formula is C10H10BNO6. The molecule has 0 amide bonds. The van der Waals surface area contributed by atoms with Gasteiger partial charge in [0.1, 0.15) is 0 Å². The second kappa shape index (κ2) is 4.78. The van der Waals surface area contributed by atoms with E-state index in [9.17, 15) is 15.0 Å². The average Bonchev–Trinajstić information content (AvgIpc) is 2.74. The minimum atomic E-state index is -1.18. The fourth-order valence-electron chi connectivity index (χ4n) is 1.36. The van der Waals surface area contributed by atoms with Crippen molar-refractivity contribution in [3.05, 3.63) is 42.2 Å². The second-order valence-corrected chi connectivity index (χ2v) is 3.53. The number of aldehydes is 1. The predicted octanol–water partition coefficient (Wildman–Crippen LogP) is 0.480. The third kappa shape index (κ3) is 2.59. The van der Waals surface area contributed by atoms with Gasteiger partial charge in [-0.15, -0.1) is 0 Å². The van der Waals surface area contributed by atoms with E-state index in [-0.39, 0.29) is 11.4 Å². The van der Waals surface area contributed by atoms with E-state index in [1.807, 2.05) is 0 Å². The first-order chi connectivity index (χ1) is 8.58. The van der Waals surface area contributed by atoms with Crippen LogP contribution < -0.4 is 5.66 Å². The zero-order valence-corrected chi connectivity index (χ0v) is 9.44. The van der Waals surface area contributed by atoms with Gasteiger partial charge in [-0.3, -0.25) is 4.79 Å². The molecule has 1 aromatic heterocycles. The molecule has 18 heavy (non-hydrogen) atoms. The number of nitrogens with zero attached hydrogens (tertiary/aromatic N) is 1. The number of aliphatic hydroxyl groups excluding tert-OH is 2. The largest absolute Gasteiger partial charge is 0.674 e. The maximum atomic E-state index is 10.5. The summed E-state index contributed by atoms with van der Waals surface area (Å²) >= 11 is 0. The summed E-state index contributed by atoms with van der Waals surface area (Å²) in [5, 5.41) is 18.9. The van der Waals surface area contributed by atoms with Crippen LogP contribution in [-0.2, 0) is 9.31 Å². The summed E-state index contributed by atoms with van der Waals surface area (Å²) in [6, 6.07) is 2.86. The van der Waals surface area contributed by atoms with E-state index < -0.39 is 19.0 Å². The lowest BCUT2D eigenvalue weighted by Gasteiger charge is -2.18. The fourth-order valence-corrected chi connectivity index (χ4v) is 1.36. The monoisotopic (exact) mass is 251 g/mol. The van der Waals surface area contributed by atoms with Crippen LogP contribution in [0.25, 0.3) is 0 Å². The van der Waals surface area contributed by atoms with Gasteiger partial charge in [-0.1, -0.05) is 0 Å². The van der Waals surface area contributed by atoms with Gasteiger partial charge in [-0.2, -0.15) is 0 Å². The van der Waals surface area contributed by atoms with Gasteiger partial charge in [0.25, 0.3) is 11.9 Å². The zero-order chi connectivity index (χ0) is 13.1. The molecule has 2 N–H and O–H groups in total. The third-order valence-electron chi connectivity index (χ3n) is 2.08. The number of aliphatic hydroxyl groups is 2. The Kier molecular flexibility index (Phi) is 3.18. The number of carbonyl (C=O) groups is 1. The van der Waals surface area contributed by atoms with Gasteiger partial charge in [0.2, 0.25) is 0 Å². The van der Waals surface area contributed by atoms with Gasteiger partial charge in [0.15, 0.2) is 17.7 Å². The lowest BCUT2D eigenvalue weighted by Crippen LogP contribution is -2.37. The topological polar surface area (TPSA) is 92.4 Å². The zero-order valence-electron chi connectivity index (χ0n) is 9.44. The fraction of sp³-hybridized carbons (Fsp3) is 0.100. The molecule has 0 aliphatic carbocycles. The highest BCUT2D eigenvalue weighted by atomic mass is 16.7. The van der Waals surface area contributed by atoms with Crippen molar-refractivity contribution in [1.82, 2.24) is 4.90 Å². The average molecular weight is 251 g/mol. The van der Waals surface area contributed by atoms with Crippen molar-refractivity contribution in [3.63, 3.8) is 0 Å². The minimum Gasteiger partial charge on any atom is -0.492 e. The molecule has 0 saturated heterocycles. The molecule has 0 atom stereocenters. The lowest BCUT2D eigenvalue weighted by atomic mass is 9.86. The SMILES string of the molecule is CN1C=C(O)OB(c2ccc(C=O)o2)OC(O)=C1. The summed E-state index contributed by atoms with van der Waals surface area (Å²) in [4.78, 5) is 11.8. The van der Waals surface area contributed by atoms with Crippen LogP contribution in [0.2, 0.25) is 0 Å². The van der Waals surface area contributed by atoms with Crippen molar-refractivity contribution in [1.29, 1.82) is 0 Å². The van der Waals surface area contributed by atoms with Crippen molar-refractivity contribution in [2.45, 2.75) is 0 Å². The Labute approximate surface area is 103 Å². The van der Waals surface area contributed by atoms with E-state index in [0.29, 0.717) is 6.29 Å². The Balaban J connectivity index is 2.25. The highest BCUT2D eigenvalue weighted by molar-refractivity contribution is 6.60. The molecule has 1 aromatic rings. The molecule has 0 aromatic carbocycles. The van der Waals surface area contributed by atoms with E-state index in [1.165, 1.54) is 29.4 Å². The molecule has 0 spiro atoms. The third-order valence-corrected chi connectivity index (χ3v) is 2.08. The highest BCUT2D eigenvalue weighted by Crippen LogP contribution is 2.10. The maximum absolute atomic E-state index is 10.5. The minimum absolute atomic E-state index is 0.0864. The molecule has 0 fully saturated rings. The molecule has 2 rings (SSSR count). The van der Waals surface area contributed by atoms with Crippen LogP contribution in [0.4, 0.5) is 0 Å². The summed E-state index contributed by atoms with van der Waals surface area (Å²) in [5.74, 6) is -0.756. The smallest absolute Gasteiger partial charge is 0.492 e. The van der Waals surface area contributed by atoms with Gasteiger partial charge in [-0.25, -0.2) is 0 Å². The van der Waals surface area contributed by atoms with Gasteiger partial charge < -0.3 is 28.8 Å². The van der Waals surface area contributed by atoms with E-state index in [2.05, 4.69) is 0 Å². The number of carbonyl (C=O) groups excluding carboxylic acids is 1. The molecular weight excluding hydrogens is 241 g/mol. The van der Waals surface area contributed by atoms with Gasteiger partial charge in [0, 0.05) is 7.05 Å². The van der Waals surface area contributed by atoms with Crippen LogP contribution in [0.1, 0.15) is 10.6 Å². The molecule has 0 radical (unpaired) electrons. The standard InChI is InChI=1S/C10H10BNO6/c1-12-4-9(14)17-11(18-10(15)5-12)8-3-2-7(6-13)16-8/h2-6,14-15H,1H3. The molecule has 0 saturated carbocycles. The summed E-state index contributed by atoms with van der Waals surface area (Å²) in [5.41, 5.74) is 0.140. The molecule has 8 heteroatoms. The van der Waals surface area contributed by atoms with Gasteiger partial charge >= 0.3 is 7.12 Å². The van der Waals surface area contributed by atoms with Crippen LogP contribution in [-0.4, -0.2) is 35.6 Å². The maximum Gasteiger partial charge on any atom is 0.674 e. The van der Waals surface area contributed by atoms with E-state index >= 15 is 0 Å². The van der Waals surface area contributed by atoms with Crippen molar-refractivity contribution in [2.75, 3.05) is 7.05 Å². The number of rotatable bonds is 2. The van der Waals surface area contributed by atoms with Crippen molar-refractivity contribution < 1.29 is 28.7 Å². The van der Waals surface area contributed by atoms with Crippen LogP contribution >= 0.6 is 0 Å². The molecule has 94 valence electrons. The molecule has 7 nitrogen and oxygen atoms in total. The molecule has 1 aliphatic rings. The number of hydrogen-bond donors (Lipinski definition) is 2. The van der Waals surface area contributed by atoms with Gasteiger partial charge in [0.05, 0.1) is 12.4 Å². The Morgan fingerprint density at radius 1 is 1.22 bits per heavy atom. The van der Waals surface area contributed by atoms with E-state index in [1.54, 1.807) is 7.05 Å². The second-order valence-electron chi connectivity index (χ2n) is 3.53. The Hall–Kier alpha value is -2.51. The highest BCUT2D eigenvalue weighted by Gasteiger charge is 2.33. The van der Waals surface area contributed by atoms with Crippen molar-refractivity contribution >= 4 is 19.1 Å². The van der Waals surface area contributed by atoms with Crippen LogP contribution in [0.15, 0.2) is 40.8 Å². The first kappa shape index (κ1) is 12.0. The van der Waals surface area contributed by atoms with Crippen LogP contribution in [0, 0.1) is 0 Å². The molecule has 0 bridgehead atoms. The number of hydrogen-bond acceptors (Lipinski definition) is 7. The normalized spacial score (nSPS) is 15.8. The first-order valence-electron chi connectivity index (χ1n) is 5.00. The number of furan rings is 1. The Bertz CT molecular complexity index is 486. The summed E-state index contributed by atoms with van der Waals surface area (Å²) < 4.78 is 15.1. The van der Waals surface area contributed by atoms with Crippen molar-refractivity contribution in [2.24, 2.45) is 0 Å². The Morgan fingerprint density at radius 2 is 1.83 bits per heavy atom. The predicted molar refractivity (Wildman–Crippen MR) is 60.8 cm³/mol. The van der Waals surface area contributed by atoms with Gasteiger partial charge in [-0.05, 0) is 12.1 Å². The Morgan fingerprint density at radius 3 is 2.33 bits per heavy atom.